The number of carbonyl (C=O) groups excluding carboxylic acids is 1. The second-order valence-corrected chi connectivity index (χ2v) is 6.40. The van der Waals surface area contributed by atoms with Gasteiger partial charge in [-0.2, -0.15) is 0 Å². The van der Waals surface area contributed by atoms with Gasteiger partial charge in [-0.05, 0) is 24.3 Å². The summed E-state index contributed by atoms with van der Waals surface area (Å²) in [4.78, 5) is 15.2. The van der Waals surface area contributed by atoms with E-state index in [1.54, 1.807) is 22.7 Å². The summed E-state index contributed by atoms with van der Waals surface area (Å²) in [6, 6.07) is 13.6. The van der Waals surface area contributed by atoms with Gasteiger partial charge in [-0.25, -0.2) is 0 Å². The highest BCUT2D eigenvalue weighted by molar-refractivity contribution is 7.98. The molecule has 1 atom stereocenters. The number of hydrogen-bond donors (Lipinski definition) is 1. The van der Waals surface area contributed by atoms with E-state index < -0.39 is 6.10 Å². The molecule has 1 saturated heterocycles. The summed E-state index contributed by atoms with van der Waals surface area (Å²) in [6.07, 6.45) is -0.649. The average molecular weight is 333 g/mol. The van der Waals surface area contributed by atoms with E-state index in [2.05, 4.69) is 0 Å². The Morgan fingerprint density at radius 1 is 1.26 bits per heavy atom. The van der Waals surface area contributed by atoms with Crippen LogP contribution in [0.1, 0.15) is 16.3 Å². The predicted molar refractivity (Wildman–Crippen MR) is 87.4 cm³/mol. The van der Waals surface area contributed by atoms with Crippen molar-refractivity contribution >= 4 is 17.7 Å². The monoisotopic (exact) mass is 333 g/mol. The Morgan fingerprint density at radius 2 is 2.09 bits per heavy atom. The predicted octanol–water partition coefficient (Wildman–Crippen LogP) is 2.41. The van der Waals surface area contributed by atoms with Crippen LogP contribution in [0.5, 0.6) is 0 Å². The van der Waals surface area contributed by atoms with E-state index in [0.717, 1.165) is 10.7 Å². The molecule has 6 heteroatoms. The minimum Gasteiger partial charge on any atom is -0.455 e. The van der Waals surface area contributed by atoms with Crippen molar-refractivity contribution < 1.29 is 19.1 Å². The van der Waals surface area contributed by atoms with Crippen molar-refractivity contribution in [3.63, 3.8) is 0 Å². The van der Waals surface area contributed by atoms with Gasteiger partial charge in [0.15, 0.2) is 5.76 Å². The summed E-state index contributed by atoms with van der Waals surface area (Å²) >= 11 is 1.66. The minimum atomic E-state index is -0.649. The Labute approximate surface area is 139 Å². The first-order valence-electron chi connectivity index (χ1n) is 7.54. The van der Waals surface area contributed by atoms with Crippen LogP contribution in [0.2, 0.25) is 0 Å². The normalized spacial score (nSPS) is 18.7. The Balaban J connectivity index is 1.60. The van der Waals surface area contributed by atoms with Crippen molar-refractivity contribution in [3.8, 4) is 0 Å². The van der Waals surface area contributed by atoms with Crippen molar-refractivity contribution in [1.82, 2.24) is 4.90 Å². The van der Waals surface area contributed by atoms with Gasteiger partial charge in [-0.3, -0.25) is 4.79 Å². The lowest BCUT2D eigenvalue weighted by atomic mass is 10.3. The lowest BCUT2D eigenvalue weighted by Crippen LogP contribution is -2.37. The number of amides is 1. The number of hydrogen-bond acceptors (Lipinski definition) is 5. The molecule has 0 spiro atoms. The van der Waals surface area contributed by atoms with E-state index in [9.17, 15) is 9.90 Å². The average Bonchev–Trinajstić information content (AvgIpc) is 2.94. The van der Waals surface area contributed by atoms with Crippen LogP contribution in [0.15, 0.2) is 51.8 Å². The zero-order chi connectivity index (χ0) is 16.1. The van der Waals surface area contributed by atoms with Crippen molar-refractivity contribution in [2.24, 2.45) is 0 Å². The number of carbonyl (C=O) groups is 1. The highest BCUT2D eigenvalue weighted by Crippen LogP contribution is 2.23. The topological polar surface area (TPSA) is 62.9 Å². The molecule has 1 aromatic heterocycles. The molecule has 0 radical (unpaired) electrons. The summed E-state index contributed by atoms with van der Waals surface area (Å²) < 4.78 is 10.9. The molecule has 1 amide bonds. The SMILES string of the molecule is O=C(c1ccc(CSc2ccccc2)o1)N1CCOC[C@@H](O)C1. The van der Waals surface area contributed by atoms with Crippen LogP contribution in [0, 0.1) is 0 Å². The summed E-state index contributed by atoms with van der Waals surface area (Å²) in [6.45, 7) is 1.43. The molecule has 1 N–H and O–H groups in total. The van der Waals surface area contributed by atoms with Crippen LogP contribution in [0.25, 0.3) is 0 Å². The second-order valence-electron chi connectivity index (χ2n) is 5.35. The highest BCUT2D eigenvalue weighted by Gasteiger charge is 2.24. The third-order valence-electron chi connectivity index (χ3n) is 3.53. The quantitative estimate of drug-likeness (QED) is 0.871. The zero-order valence-corrected chi connectivity index (χ0v) is 13.5. The molecule has 5 nitrogen and oxygen atoms in total. The summed E-state index contributed by atoms with van der Waals surface area (Å²) in [5, 5.41) is 9.72. The van der Waals surface area contributed by atoms with Crippen LogP contribution in [0.3, 0.4) is 0 Å². The molecule has 0 bridgehead atoms. The van der Waals surface area contributed by atoms with E-state index >= 15 is 0 Å². The lowest BCUT2D eigenvalue weighted by molar-refractivity contribution is 0.0525. The van der Waals surface area contributed by atoms with Crippen molar-refractivity contribution in [1.29, 1.82) is 0 Å². The number of furan rings is 1. The number of thioether (sulfide) groups is 1. The zero-order valence-electron chi connectivity index (χ0n) is 12.7. The second kappa shape index (κ2) is 7.68. The third-order valence-corrected chi connectivity index (χ3v) is 4.57. The number of nitrogens with zero attached hydrogens (tertiary/aromatic N) is 1. The van der Waals surface area contributed by atoms with E-state index in [-0.39, 0.29) is 19.1 Å². The highest BCUT2D eigenvalue weighted by atomic mass is 32.2. The van der Waals surface area contributed by atoms with Crippen LogP contribution in [-0.4, -0.2) is 48.3 Å². The van der Waals surface area contributed by atoms with E-state index in [0.29, 0.717) is 24.7 Å². The van der Waals surface area contributed by atoms with Gasteiger partial charge in [-0.1, -0.05) is 18.2 Å². The van der Waals surface area contributed by atoms with Gasteiger partial charge in [0, 0.05) is 18.0 Å². The van der Waals surface area contributed by atoms with Gasteiger partial charge < -0.3 is 19.2 Å². The van der Waals surface area contributed by atoms with E-state index in [1.807, 2.05) is 36.4 Å². The van der Waals surface area contributed by atoms with Crippen LogP contribution in [0.4, 0.5) is 0 Å². The standard InChI is InChI=1S/C17H19NO4S/c19-13-10-18(8-9-21-11-13)17(20)16-7-6-14(22-16)12-23-15-4-2-1-3-5-15/h1-7,13,19H,8-12H2/t13-/m0/s1. The molecular formula is C17H19NO4S. The molecular weight excluding hydrogens is 314 g/mol. The van der Waals surface area contributed by atoms with Crippen molar-refractivity contribution in [3.05, 3.63) is 54.0 Å². The maximum absolute atomic E-state index is 12.4. The lowest BCUT2D eigenvalue weighted by Gasteiger charge is -2.19. The summed E-state index contributed by atoms with van der Waals surface area (Å²) in [5.74, 6) is 1.53. The summed E-state index contributed by atoms with van der Waals surface area (Å²) in [7, 11) is 0. The first kappa shape index (κ1) is 16.1. The molecule has 1 aromatic carbocycles. The fourth-order valence-corrected chi connectivity index (χ4v) is 3.19. The fourth-order valence-electron chi connectivity index (χ4n) is 2.37. The molecule has 2 heterocycles. The number of ether oxygens (including phenoxy) is 1. The number of β-amino-alcohol motifs (C(OH)–C–C–N with tert-alkyl or cyclic N) is 1. The largest absolute Gasteiger partial charge is 0.455 e. The van der Waals surface area contributed by atoms with E-state index in [4.69, 9.17) is 9.15 Å². The first-order chi connectivity index (χ1) is 11.2. The van der Waals surface area contributed by atoms with Crippen LogP contribution < -0.4 is 0 Å². The molecule has 1 aliphatic rings. The Morgan fingerprint density at radius 3 is 2.91 bits per heavy atom. The molecule has 1 fully saturated rings. The molecule has 0 saturated carbocycles. The fraction of sp³-hybridized carbons (Fsp3) is 0.353. The van der Waals surface area contributed by atoms with Gasteiger partial charge in [0.2, 0.25) is 0 Å². The minimum absolute atomic E-state index is 0.203. The number of aliphatic hydroxyl groups excluding tert-OH is 1. The Bertz CT molecular complexity index is 643. The van der Waals surface area contributed by atoms with Gasteiger partial charge in [0.25, 0.3) is 5.91 Å². The van der Waals surface area contributed by atoms with Gasteiger partial charge in [0.1, 0.15) is 5.76 Å². The van der Waals surface area contributed by atoms with Crippen LogP contribution in [-0.2, 0) is 10.5 Å². The maximum atomic E-state index is 12.4. The molecule has 23 heavy (non-hydrogen) atoms. The van der Waals surface area contributed by atoms with Gasteiger partial charge in [-0.15, -0.1) is 11.8 Å². The maximum Gasteiger partial charge on any atom is 0.289 e. The molecule has 122 valence electrons. The smallest absolute Gasteiger partial charge is 0.289 e. The van der Waals surface area contributed by atoms with Gasteiger partial charge in [0.05, 0.1) is 25.1 Å². The van der Waals surface area contributed by atoms with Crippen molar-refractivity contribution in [2.45, 2.75) is 16.8 Å². The van der Waals surface area contributed by atoms with Crippen LogP contribution >= 0.6 is 11.8 Å². The summed E-state index contributed by atoms with van der Waals surface area (Å²) in [5.41, 5.74) is 0. The number of aliphatic hydroxyl groups is 1. The first-order valence-corrected chi connectivity index (χ1v) is 8.52. The Kier molecular flexibility index (Phi) is 5.38. The third kappa shape index (κ3) is 4.37. The number of benzene rings is 1. The van der Waals surface area contributed by atoms with E-state index in [1.165, 1.54) is 0 Å². The molecule has 0 aliphatic carbocycles. The molecule has 2 aromatic rings. The Hall–Kier alpha value is -1.76. The van der Waals surface area contributed by atoms with Crippen molar-refractivity contribution in [2.75, 3.05) is 26.3 Å². The molecule has 3 rings (SSSR count). The van der Waals surface area contributed by atoms with Gasteiger partial charge >= 0.3 is 0 Å². The molecule has 0 unspecified atom stereocenters. The number of rotatable bonds is 4. The molecule has 1 aliphatic heterocycles.